The number of aromatic nitrogens is 4. The van der Waals surface area contributed by atoms with Crippen molar-refractivity contribution in [2.75, 3.05) is 19.5 Å². The Labute approximate surface area is 142 Å². The van der Waals surface area contributed by atoms with Crippen LogP contribution in [0.4, 0.5) is 5.69 Å². The molecule has 25 heavy (non-hydrogen) atoms. The smallest absolute Gasteiger partial charge is 0.319 e. The lowest BCUT2D eigenvalue weighted by molar-refractivity contribution is -0.116. The molecule has 9 nitrogen and oxygen atoms in total. The first-order valence-electron chi connectivity index (χ1n) is 7.31. The minimum absolute atomic E-state index is 0.116. The van der Waals surface area contributed by atoms with Crippen molar-refractivity contribution in [1.82, 2.24) is 19.5 Å². The van der Waals surface area contributed by atoms with Crippen LogP contribution in [0.5, 0.6) is 11.9 Å². The molecule has 0 atom stereocenters. The van der Waals surface area contributed by atoms with Crippen molar-refractivity contribution in [2.45, 2.75) is 6.54 Å². The minimum Gasteiger partial charge on any atom is -0.479 e. The lowest BCUT2D eigenvalue weighted by Gasteiger charge is -2.10. The number of nitrogens with zero attached hydrogens (tertiary/aromatic N) is 4. The SMILES string of the molecule is COc1ncc(NC(=O)Cn2cnc3ccccc3c2=O)c(OC)n1. The van der Waals surface area contributed by atoms with Gasteiger partial charge in [0.15, 0.2) is 0 Å². The van der Waals surface area contributed by atoms with Crippen LogP contribution in [0.25, 0.3) is 10.9 Å². The molecule has 9 heteroatoms. The maximum absolute atomic E-state index is 12.4. The average molecular weight is 341 g/mol. The third kappa shape index (κ3) is 3.39. The van der Waals surface area contributed by atoms with Gasteiger partial charge in [-0.3, -0.25) is 14.2 Å². The third-order valence-corrected chi connectivity index (χ3v) is 3.43. The van der Waals surface area contributed by atoms with E-state index < -0.39 is 5.91 Å². The predicted octanol–water partition coefficient (Wildman–Crippen LogP) is 0.842. The van der Waals surface area contributed by atoms with Crippen molar-refractivity contribution >= 4 is 22.5 Å². The maximum Gasteiger partial charge on any atom is 0.319 e. The van der Waals surface area contributed by atoms with Gasteiger partial charge in [0.05, 0.1) is 37.6 Å². The van der Waals surface area contributed by atoms with Gasteiger partial charge in [-0.25, -0.2) is 9.97 Å². The number of nitrogens with one attached hydrogen (secondary N) is 1. The van der Waals surface area contributed by atoms with Gasteiger partial charge in [0.1, 0.15) is 12.2 Å². The number of methoxy groups -OCH3 is 2. The van der Waals surface area contributed by atoms with Crippen LogP contribution in [0.1, 0.15) is 0 Å². The fraction of sp³-hybridized carbons (Fsp3) is 0.188. The summed E-state index contributed by atoms with van der Waals surface area (Å²) in [6, 6.07) is 7.06. The first-order valence-corrected chi connectivity index (χ1v) is 7.31. The maximum atomic E-state index is 12.4. The molecule has 0 bridgehead atoms. The van der Waals surface area contributed by atoms with E-state index in [0.717, 1.165) is 0 Å². The van der Waals surface area contributed by atoms with Gasteiger partial charge in [0.2, 0.25) is 11.8 Å². The molecule has 0 saturated heterocycles. The standard InChI is InChI=1S/C16H15N5O4/c1-24-14-12(7-17-16(20-14)25-2)19-13(22)8-21-9-18-11-6-4-3-5-10(11)15(21)23/h3-7,9H,8H2,1-2H3,(H,19,22). The molecule has 2 heterocycles. The monoisotopic (exact) mass is 341 g/mol. The van der Waals surface area contributed by atoms with E-state index in [1.807, 2.05) is 0 Å². The number of fused-ring (bicyclic) bond motifs is 1. The summed E-state index contributed by atoms with van der Waals surface area (Å²) in [5, 5.41) is 3.05. The summed E-state index contributed by atoms with van der Waals surface area (Å²) < 4.78 is 11.2. The summed E-state index contributed by atoms with van der Waals surface area (Å²) in [5.41, 5.74) is 0.558. The molecule has 128 valence electrons. The van der Waals surface area contributed by atoms with Gasteiger partial charge < -0.3 is 14.8 Å². The van der Waals surface area contributed by atoms with Crippen LogP contribution in [0, 0.1) is 0 Å². The molecule has 2 aromatic heterocycles. The van der Waals surface area contributed by atoms with Crippen molar-refractivity contribution in [1.29, 1.82) is 0 Å². The molecule has 3 aromatic rings. The second-order valence-corrected chi connectivity index (χ2v) is 5.02. The normalized spacial score (nSPS) is 10.5. The molecule has 1 aromatic carbocycles. The molecule has 0 aliphatic rings. The lowest BCUT2D eigenvalue weighted by atomic mass is 10.2. The van der Waals surface area contributed by atoms with Gasteiger partial charge >= 0.3 is 6.01 Å². The molecule has 3 rings (SSSR count). The molecule has 0 saturated carbocycles. The van der Waals surface area contributed by atoms with E-state index in [4.69, 9.17) is 9.47 Å². The highest BCUT2D eigenvalue weighted by molar-refractivity contribution is 5.91. The number of para-hydroxylation sites is 1. The summed E-state index contributed by atoms with van der Waals surface area (Å²) in [6.45, 7) is -0.203. The number of carbonyl (C=O) groups is 1. The highest BCUT2D eigenvalue weighted by Crippen LogP contribution is 2.22. The second kappa shape index (κ2) is 6.95. The third-order valence-electron chi connectivity index (χ3n) is 3.43. The zero-order valence-electron chi connectivity index (χ0n) is 13.6. The number of ether oxygens (including phenoxy) is 2. The van der Waals surface area contributed by atoms with Crippen LogP contribution >= 0.6 is 0 Å². The van der Waals surface area contributed by atoms with Crippen molar-refractivity contribution in [3.63, 3.8) is 0 Å². The highest BCUT2D eigenvalue weighted by Gasteiger charge is 2.13. The summed E-state index contributed by atoms with van der Waals surface area (Å²) in [6.07, 6.45) is 2.70. The van der Waals surface area contributed by atoms with E-state index in [2.05, 4.69) is 20.3 Å². The van der Waals surface area contributed by atoms with E-state index in [0.29, 0.717) is 10.9 Å². The summed E-state index contributed by atoms with van der Waals surface area (Å²) in [7, 11) is 2.83. The number of hydrogen-bond acceptors (Lipinski definition) is 7. The number of carbonyl (C=O) groups excluding carboxylic acids is 1. The average Bonchev–Trinajstić information content (AvgIpc) is 2.64. The largest absolute Gasteiger partial charge is 0.479 e. The fourth-order valence-corrected chi connectivity index (χ4v) is 2.25. The van der Waals surface area contributed by atoms with Crippen LogP contribution < -0.4 is 20.3 Å². The van der Waals surface area contributed by atoms with Crippen molar-refractivity contribution in [3.05, 3.63) is 47.1 Å². The van der Waals surface area contributed by atoms with Crippen LogP contribution in [0.3, 0.4) is 0 Å². The predicted molar refractivity (Wildman–Crippen MR) is 89.8 cm³/mol. The number of anilines is 1. The van der Waals surface area contributed by atoms with Crippen molar-refractivity contribution in [3.8, 4) is 11.9 Å². The molecule has 0 unspecified atom stereocenters. The number of benzene rings is 1. The Morgan fingerprint density at radius 3 is 2.76 bits per heavy atom. The number of hydrogen-bond donors (Lipinski definition) is 1. The van der Waals surface area contributed by atoms with Crippen LogP contribution in [-0.4, -0.2) is 39.6 Å². The molecule has 0 radical (unpaired) electrons. The fourth-order valence-electron chi connectivity index (χ4n) is 2.25. The lowest BCUT2D eigenvalue weighted by Crippen LogP contribution is -2.28. The Kier molecular flexibility index (Phi) is 4.55. The highest BCUT2D eigenvalue weighted by atomic mass is 16.5. The Morgan fingerprint density at radius 1 is 1.20 bits per heavy atom. The van der Waals surface area contributed by atoms with Gasteiger partial charge in [0.25, 0.3) is 5.56 Å². The van der Waals surface area contributed by atoms with E-state index in [1.54, 1.807) is 24.3 Å². The molecule has 1 amide bonds. The molecule has 0 aliphatic carbocycles. The summed E-state index contributed by atoms with van der Waals surface area (Å²) in [4.78, 5) is 36.7. The Bertz CT molecular complexity index is 986. The summed E-state index contributed by atoms with van der Waals surface area (Å²) >= 11 is 0. The van der Waals surface area contributed by atoms with E-state index in [1.165, 1.54) is 31.3 Å². The van der Waals surface area contributed by atoms with E-state index >= 15 is 0 Å². The zero-order chi connectivity index (χ0) is 17.8. The Morgan fingerprint density at radius 2 is 2.00 bits per heavy atom. The van der Waals surface area contributed by atoms with Crippen LogP contribution in [0.2, 0.25) is 0 Å². The molecule has 0 aliphatic heterocycles. The first-order chi connectivity index (χ1) is 12.1. The van der Waals surface area contributed by atoms with Gasteiger partial charge in [0, 0.05) is 0 Å². The molecular weight excluding hydrogens is 326 g/mol. The van der Waals surface area contributed by atoms with E-state index in [9.17, 15) is 9.59 Å². The number of amides is 1. The van der Waals surface area contributed by atoms with Crippen LogP contribution in [0.15, 0.2) is 41.6 Å². The van der Waals surface area contributed by atoms with Gasteiger partial charge in [-0.15, -0.1) is 0 Å². The van der Waals surface area contributed by atoms with Crippen molar-refractivity contribution in [2.24, 2.45) is 0 Å². The second-order valence-electron chi connectivity index (χ2n) is 5.02. The van der Waals surface area contributed by atoms with E-state index in [-0.39, 0.29) is 29.7 Å². The number of rotatable bonds is 5. The molecule has 0 spiro atoms. The molecule has 0 fully saturated rings. The topological polar surface area (TPSA) is 108 Å². The van der Waals surface area contributed by atoms with Crippen molar-refractivity contribution < 1.29 is 14.3 Å². The Balaban J connectivity index is 1.82. The molecular formula is C16H15N5O4. The Hall–Kier alpha value is -3.49. The zero-order valence-corrected chi connectivity index (χ0v) is 13.6. The van der Waals surface area contributed by atoms with Gasteiger partial charge in [-0.2, -0.15) is 4.98 Å². The quantitative estimate of drug-likeness (QED) is 0.732. The van der Waals surface area contributed by atoms with Gasteiger partial charge in [-0.1, -0.05) is 12.1 Å². The molecule has 1 N–H and O–H groups in total. The summed E-state index contributed by atoms with van der Waals surface area (Å²) in [5.74, 6) is -0.282. The van der Waals surface area contributed by atoms with Crippen LogP contribution in [-0.2, 0) is 11.3 Å². The van der Waals surface area contributed by atoms with Gasteiger partial charge in [-0.05, 0) is 12.1 Å². The first kappa shape index (κ1) is 16.4. The minimum atomic E-state index is -0.439.